The molecule has 1 N–H and O–H groups in total. The van der Waals surface area contributed by atoms with Crippen molar-refractivity contribution in [2.45, 2.75) is 80.1 Å². The maximum absolute atomic E-state index is 10.6. The topological polar surface area (TPSA) is 20.2 Å². The monoisotopic (exact) mass is 366 g/mol. The van der Waals surface area contributed by atoms with Gasteiger partial charge in [0.05, 0.1) is 0 Å². The van der Waals surface area contributed by atoms with E-state index in [9.17, 15) is 5.11 Å². The smallest absolute Gasteiger partial charge is 0.122 e. The quantitative estimate of drug-likeness (QED) is 0.418. The Bertz CT molecular complexity index is 647. The Morgan fingerprint density at radius 3 is 1.48 bits per heavy atom. The van der Waals surface area contributed by atoms with Crippen LogP contribution < -0.4 is 0 Å². The standard InChI is InChI=1S/C26H38O/c1-20(2)10-7-12-22(5)16-18-24-14-9-15-25(26(24)27)19-17-23(6)13-8-11-21(3)4/h9-11,14-17,27H,7-8,12-13,18-19H2,1-6H3/b22-16+,23-17+. The molecule has 0 saturated carbocycles. The summed E-state index contributed by atoms with van der Waals surface area (Å²) in [6.07, 6.45) is 15.0. The molecule has 0 radical (unpaired) electrons. The van der Waals surface area contributed by atoms with E-state index in [0.29, 0.717) is 5.75 Å². The molecule has 0 aliphatic carbocycles. The molecule has 27 heavy (non-hydrogen) atoms. The summed E-state index contributed by atoms with van der Waals surface area (Å²) in [7, 11) is 0. The SMILES string of the molecule is CC(C)=CCC/C(C)=C/Cc1cccc(C/C=C(\C)CCC=C(C)C)c1O. The van der Waals surface area contributed by atoms with Gasteiger partial charge in [0.1, 0.15) is 5.75 Å². The van der Waals surface area contributed by atoms with Crippen LogP contribution in [0.3, 0.4) is 0 Å². The zero-order valence-corrected chi connectivity index (χ0v) is 18.2. The lowest BCUT2D eigenvalue weighted by molar-refractivity contribution is 0.464. The van der Waals surface area contributed by atoms with E-state index in [2.05, 4.69) is 71.9 Å². The highest BCUT2D eigenvalue weighted by atomic mass is 16.3. The average Bonchev–Trinajstić information content (AvgIpc) is 2.59. The lowest BCUT2D eigenvalue weighted by atomic mass is 10.0. The Balaban J connectivity index is 2.68. The summed E-state index contributed by atoms with van der Waals surface area (Å²) < 4.78 is 0. The van der Waals surface area contributed by atoms with E-state index in [1.807, 2.05) is 12.1 Å². The number of aromatic hydroxyl groups is 1. The van der Waals surface area contributed by atoms with E-state index in [-0.39, 0.29) is 0 Å². The number of para-hydroxylation sites is 1. The van der Waals surface area contributed by atoms with Gasteiger partial charge in [-0.25, -0.2) is 0 Å². The zero-order valence-electron chi connectivity index (χ0n) is 18.2. The lowest BCUT2D eigenvalue weighted by Gasteiger charge is -2.08. The largest absolute Gasteiger partial charge is 0.507 e. The van der Waals surface area contributed by atoms with Crippen LogP contribution in [0.25, 0.3) is 0 Å². The highest BCUT2D eigenvalue weighted by molar-refractivity contribution is 5.42. The van der Waals surface area contributed by atoms with Crippen molar-refractivity contribution in [3.63, 3.8) is 0 Å². The molecule has 0 spiro atoms. The summed E-state index contributed by atoms with van der Waals surface area (Å²) in [5.41, 5.74) is 7.55. The number of phenols is 1. The van der Waals surface area contributed by atoms with E-state index in [1.165, 1.54) is 22.3 Å². The van der Waals surface area contributed by atoms with Gasteiger partial charge in [-0.1, -0.05) is 64.8 Å². The minimum Gasteiger partial charge on any atom is -0.507 e. The molecule has 0 amide bonds. The third kappa shape index (κ3) is 10.0. The van der Waals surface area contributed by atoms with Crippen molar-refractivity contribution >= 4 is 0 Å². The Kier molecular flexibility index (Phi) is 10.6. The lowest BCUT2D eigenvalue weighted by Crippen LogP contribution is -1.91. The Hall–Kier alpha value is -2.02. The van der Waals surface area contributed by atoms with Crippen molar-refractivity contribution in [3.05, 3.63) is 75.9 Å². The summed E-state index contributed by atoms with van der Waals surface area (Å²) in [6, 6.07) is 6.12. The fraction of sp³-hybridized carbons (Fsp3) is 0.462. The molecular formula is C26H38O. The first-order valence-corrected chi connectivity index (χ1v) is 10.2. The number of benzene rings is 1. The predicted octanol–water partition coefficient (Wildman–Crippen LogP) is 7.86. The molecule has 0 aromatic heterocycles. The van der Waals surface area contributed by atoms with Crippen LogP contribution in [0.15, 0.2) is 64.8 Å². The molecule has 1 aromatic carbocycles. The maximum atomic E-state index is 10.6. The summed E-state index contributed by atoms with van der Waals surface area (Å²) in [5.74, 6) is 0.458. The molecule has 0 atom stereocenters. The summed E-state index contributed by atoms with van der Waals surface area (Å²) >= 11 is 0. The molecule has 0 unspecified atom stereocenters. The van der Waals surface area contributed by atoms with Gasteiger partial charge in [-0.3, -0.25) is 0 Å². The zero-order chi connectivity index (χ0) is 20.2. The normalized spacial score (nSPS) is 12.1. The minimum absolute atomic E-state index is 0.458. The fourth-order valence-electron chi connectivity index (χ4n) is 2.92. The molecule has 0 heterocycles. The van der Waals surface area contributed by atoms with Crippen molar-refractivity contribution in [2.75, 3.05) is 0 Å². The predicted molar refractivity (Wildman–Crippen MR) is 120 cm³/mol. The molecule has 148 valence electrons. The third-order valence-corrected chi connectivity index (χ3v) is 4.73. The molecular weight excluding hydrogens is 328 g/mol. The van der Waals surface area contributed by atoms with Gasteiger partial charge in [-0.05, 0) is 91.2 Å². The first kappa shape index (κ1) is 23.0. The molecule has 0 bridgehead atoms. The van der Waals surface area contributed by atoms with Crippen molar-refractivity contribution in [2.24, 2.45) is 0 Å². The van der Waals surface area contributed by atoms with Gasteiger partial charge in [0, 0.05) is 0 Å². The van der Waals surface area contributed by atoms with Crippen molar-refractivity contribution < 1.29 is 5.11 Å². The van der Waals surface area contributed by atoms with Gasteiger partial charge < -0.3 is 5.11 Å². The molecule has 1 rings (SSSR count). The second-order valence-electron chi connectivity index (χ2n) is 8.07. The van der Waals surface area contributed by atoms with E-state index in [0.717, 1.165) is 49.7 Å². The highest BCUT2D eigenvalue weighted by Gasteiger charge is 2.05. The average molecular weight is 367 g/mol. The van der Waals surface area contributed by atoms with Crippen LogP contribution in [-0.4, -0.2) is 5.11 Å². The van der Waals surface area contributed by atoms with Gasteiger partial charge in [-0.2, -0.15) is 0 Å². The molecule has 1 nitrogen and oxygen atoms in total. The van der Waals surface area contributed by atoms with Gasteiger partial charge in [0.15, 0.2) is 0 Å². The van der Waals surface area contributed by atoms with E-state index in [4.69, 9.17) is 0 Å². The summed E-state index contributed by atoms with van der Waals surface area (Å²) in [4.78, 5) is 0. The van der Waals surface area contributed by atoms with Crippen LogP contribution in [0.2, 0.25) is 0 Å². The number of allylic oxidation sites excluding steroid dienone is 8. The van der Waals surface area contributed by atoms with Crippen LogP contribution in [0.5, 0.6) is 5.75 Å². The molecule has 0 fully saturated rings. The van der Waals surface area contributed by atoms with Gasteiger partial charge in [-0.15, -0.1) is 0 Å². The second-order valence-corrected chi connectivity index (χ2v) is 8.07. The van der Waals surface area contributed by atoms with Gasteiger partial charge in [0.2, 0.25) is 0 Å². The van der Waals surface area contributed by atoms with Crippen molar-refractivity contribution in [1.29, 1.82) is 0 Å². The molecule has 0 saturated heterocycles. The van der Waals surface area contributed by atoms with E-state index >= 15 is 0 Å². The fourth-order valence-corrected chi connectivity index (χ4v) is 2.92. The summed E-state index contributed by atoms with van der Waals surface area (Å²) in [6.45, 7) is 12.9. The highest BCUT2D eigenvalue weighted by Crippen LogP contribution is 2.25. The molecule has 0 aliphatic heterocycles. The molecule has 1 aromatic rings. The first-order chi connectivity index (χ1) is 12.8. The number of phenolic OH excluding ortho intramolecular Hbond substituents is 1. The van der Waals surface area contributed by atoms with Gasteiger partial charge in [0.25, 0.3) is 0 Å². The second kappa shape index (κ2) is 12.4. The number of hydrogen-bond donors (Lipinski definition) is 1. The van der Waals surface area contributed by atoms with E-state index < -0.39 is 0 Å². The Morgan fingerprint density at radius 1 is 0.704 bits per heavy atom. The Labute approximate surface area is 167 Å². The van der Waals surface area contributed by atoms with Crippen LogP contribution in [-0.2, 0) is 12.8 Å². The van der Waals surface area contributed by atoms with Gasteiger partial charge >= 0.3 is 0 Å². The first-order valence-electron chi connectivity index (χ1n) is 10.2. The molecule has 1 heteroatoms. The number of hydrogen-bond acceptors (Lipinski definition) is 1. The minimum atomic E-state index is 0.458. The summed E-state index contributed by atoms with van der Waals surface area (Å²) in [5, 5.41) is 10.6. The maximum Gasteiger partial charge on any atom is 0.122 e. The number of rotatable bonds is 10. The van der Waals surface area contributed by atoms with Crippen LogP contribution in [0, 0.1) is 0 Å². The van der Waals surface area contributed by atoms with Crippen molar-refractivity contribution in [3.8, 4) is 5.75 Å². The molecule has 0 aliphatic rings. The van der Waals surface area contributed by atoms with Crippen LogP contribution in [0.1, 0.15) is 78.4 Å². The van der Waals surface area contributed by atoms with Crippen LogP contribution >= 0.6 is 0 Å². The van der Waals surface area contributed by atoms with E-state index in [1.54, 1.807) is 0 Å². The third-order valence-electron chi connectivity index (χ3n) is 4.73. The van der Waals surface area contributed by atoms with Crippen molar-refractivity contribution in [1.82, 2.24) is 0 Å². The Morgan fingerprint density at radius 2 is 1.11 bits per heavy atom. The van der Waals surface area contributed by atoms with Crippen LogP contribution in [0.4, 0.5) is 0 Å².